The van der Waals surface area contributed by atoms with Gasteiger partial charge in [-0.1, -0.05) is 0 Å². The van der Waals surface area contributed by atoms with E-state index in [1.54, 1.807) is 6.07 Å². The number of rotatable bonds is 4. The van der Waals surface area contributed by atoms with E-state index in [0.717, 1.165) is 0 Å². The van der Waals surface area contributed by atoms with E-state index in [1.165, 1.54) is 37.6 Å². The molecule has 0 saturated carbocycles. The first-order valence-corrected chi connectivity index (χ1v) is 5.86. The van der Waals surface area contributed by atoms with Crippen LogP contribution in [0.3, 0.4) is 0 Å². The first-order chi connectivity index (χ1) is 10.0. The van der Waals surface area contributed by atoms with Gasteiger partial charge >= 0.3 is 5.69 Å². The predicted octanol–water partition coefficient (Wildman–Crippen LogP) is 1.83. The smallest absolute Gasteiger partial charge is 0.312 e. The van der Waals surface area contributed by atoms with Crippen LogP contribution in [0, 0.1) is 10.1 Å². The number of amides is 1. The average molecular weight is 288 g/mol. The van der Waals surface area contributed by atoms with Gasteiger partial charge in [-0.05, 0) is 24.3 Å². The number of carbonyl (C=O) groups excluding carboxylic acids is 1. The highest BCUT2D eigenvalue weighted by Gasteiger charge is 2.16. The molecular weight excluding hydrogens is 276 g/mol. The van der Waals surface area contributed by atoms with Crippen molar-refractivity contribution in [1.82, 2.24) is 4.98 Å². The van der Waals surface area contributed by atoms with Crippen molar-refractivity contribution in [2.45, 2.75) is 0 Å². The van der Waals surface area contributed by atoms with Crippen molar-refractivity contribution in [2.75, 3.05) is 18.2 Å². The minimum absolute atomic E-state index is 0.111. The Kier molecular flexibility index (Phi) is 3.98. The van der Waals surface area contributed by atoms with Crippen LogP contribution in [0.2, 0.25) is 0 Å². The molecular formula is C13H12N4O4. The number of carbonyl (C=O) groups is 1. The normalized spacial score (nSPS) is 9.95. The summed E-state index contributed by atoms with van der Waals surface area (Å²) >= 11 is 0. The quantitative estimate of drug-likeness (QED) is 0.654. The van der Waals surface area contributed by atoms with Gasteiger partial charge in [-0.3, -0.25) is 19.9 Å². The molecule has 0 spiro atoms. The minimum atomic E-state index is -0.590. The van der Waals surface area contributed by atoms with Crippen LogP contribution >= 0.6 is 0 Å². The molecule has 2 rings (SSSR count). The van der Waals surface area contributed by atoms with E-state index in [1.807, 2.05) is 0 Å². The predicted molar refractivity (Wildman–Crippen MR) is 76.3 cm³/mol. The molecule has 0 saturated heterocycles. The summed E-state index contributed by atoms with van der Waals surface area (Å²) in [5.41, 5.74) is 6.10. The molecule has 108 valence electrons. The van der Waals surface area contributed by atoms with Crippen LogP contribution in [0.5, 0.6) is 5.75 Å². The van der Waals surface area contributed by atoms with E-state index in [4.69, 9.17) is 10.5 Å². The summed E-state index contributed by atoms with van der Waals surface area (Å²) in [6, 6.07) is 7.07. The standard InChI is InChI=1S/C13H12N4O4/c1-21-12-3-2-9(7-11(12)17(19)20)16-13(18)10-6-8(14)4-5-15-10/h2-7H,1H3,(H2,14,15)(H,16,18). The second kappa shape index (κ2) is 5.87. The average Bonchev–Trinajstić information content (AvgIpc) is 2.47. The SMILES string of the molecule is COc1ccc(NC(=O)c2cc(N)ccn2)cc1[N+](=O)[O-]. The number of hydrogen-bond acceptors (Lipinski definition) is 6. The molecule has 3 N–H and O–H groups in total. The number of nitrogens with one attached hydrogen (secondary N) is 1. The number of ether oxygens (including phenoxy) is 1. The van der Waals surface area contributed by atoms with Crippen molar-refractivity contribution < 1.29 is 14.5 Å². The zero-order chi connectivity index (χ0) is 15.4. The van der Waals surface area contributed by atoms with Gasteiger partial charge < -0.3 is 15.8 Å². The number of aromatic nitrogens is 1. The number of anilines is 2. The first-order valence-electron chi connectivity index (χ1n) is 5.86. The third-order valence-corrected chi connectivity index (χ3v) is 2.65. The van der Waals surface area contributed by atoms with Crippen LogP contribution in [0.15, 0.2) is 36.5 Å². The first kappa shape index (κ1) is 14.3. The largest absolute Gasteiger partial charge is 0.490 e. The van der Waals surface area contributed by atoms with Gasteiger partial charge in [0.25, 0.3) is 5.91 Å². The number of nitro groups is 1. The van der Waals surface area contributed by atoms with Crippen molar-refractivity contribution in [1.29, 1.82) is 0 Å². The van der Waals surface area contributed by atoms with E-state index in [9.17, 15) is 14.9 Å². The molecule has 21 heavy (non-hydrogen) atoms. The lowest BCUT2D eigenvalue weighted by Gasteiger charge is -2.07. The number of hydrogen-bond donors (Lipinski definition) is 2. The Labute approximate surface area is 119 Å². The van der Waals surface area contributed by atoms with Crippen LogP contribution in [0.25, 0.3) is 0 Å². The fraction of sp³-hybridized carbons (Fsp3) is 0.0769. The molecule has 1 amide bonds. The monoisotopic (exact) mass is 288 g/mol. The molecule has 0 unspecified atom stereocenters. The second-order valence-electron chi connectivity index (χ2n) is 4.07. The van der Waals surface area contributed by atoms with Crippen molar-refractivity contribution >= 4 is 23.0 Å². The Morgan fingerprint density at radius 1 is 1.38 bits per heavy atom. The minimum Gasteiger partial charge on any atom is -0.490 e. The molecule has 1 heterocycles. The highest BCUT2D eigenvalue weighted by atomic mass is 16.6. The number of nitrogens with two attached hydrogens (primary N) is 1. The van der Waals surface area contributed by atoms with Crippen molar-refractivity contribution in [3.63, 3.8) is 0 Å². The van der Waals surface area contributed by atoms with E-state index < -0.39 is 10.8 Å². The Bertz CT molecular complexity index is 702. The molecule has 8 nitrogen and oxygen atoms in total. The lowest BCUT2D eigenvalue weighted by molar-refractivity contribution is -0.385. The van der Waals surface area contributed by atoms with E-state index in [-0.39, 0.29) is 22.8 Å². The second-order valence-corrected chi connectivity index (χ2v) is 4.07. The summed E-state index contributed by atoms with van der Waals surface area (Å²) in [4.78, 5) is 26.2. The maximum absolute atomic E-state index is 12.0. The fourth-order valence-electron chi connectivity index (χ4n) is 1.68. The van der Waals surface area contributed by atoms with Crippen molar-refractivity contribution in [3.8, 4) is 5.75 Å². The van der Waals surface area contributed by atoms with Crippen LogP contribution < -0.4 is 15.8 Å². The van der Waals surface area contributed by atoms with E-state index in [2.05, 4.69) is 10.3 Å². The van der Waals surface area contributed by atoms with Crippen LogP contribution in [0.1, 0.15) is 10.5 Å². The van der Waals surface area contributed by atoms with Crippen LogP contribution in [-0.2, 0) is 0 Å². The molecule has 0 aliphatic heterocycles. The van der Waals surface area contributed by atoms with Gasteiger partial charge in [-0.15, -0.1) is 0 Å². The van der Waals surface area contributed by atoms with E-state index in [0.29, 0.717) is 5.69 Å². The Morgan fingerprint density at radius 2 is 2.14 bits per heavy atom. The number of nitrogens with zero attached hydrogens (tertiary/aromatic N) is 2. The van der Waals surface area contributed by atoms with Crippen LogP contribution in [0.4, 0.5) is 17.1 Å². The Hall–Kier alpha value is -3.16. The summed E-state index contributed by atoms with van der Waals surface area (Å²) in [5, 5.41) is 13.4. The molecule has 0 bridgehead atoms. The fourth-order valence-corrected chi connectivity index (χ4v) is 1.68. The Balaban J connectivity index is 2.25. The summed E-state index contributed by atoms with van der Waals surface area (Å²) in [5.74, 6) is -0.401. The van der Waals surface area contributed by atoms with Gasteiger partial charge in [0.1, 0.15) is 5.69 Å². The molecule has 0 aliphatic carbocycles. The number of pyridine rings is 1. The van der Waals surface area contributed by atoms with Gasteiger partial charge in [0.15, 0.2) is 5.75 Å². The third kappa shape index (κ3) is 3.24. The maximum Gasteiger partial charge on any atom is 0.312 e. The summed E-state index contributed by atoms with van der Waals surface area (Å²) in [6.07, 6.45) is 1.40. The summed E-state index contributed by atoms with van der Waals surface area (Å²) in [6.45, 7) is 0. The topological polar surface area (TPSA) is 120 Å². The third-order valence-electron chi connectivity index (χ3n) is 2.65. The van der Waals surface area contributed by atoms with E-state index >= 15 is 0 Å². The molecule has 1 aromatic carbocycles. The molecule has 0 fully saturated rings. The molecule has 8 heteroatoms. The lowest BCUT2D eigenvalue weighted by Crippen LogP contribution is -2.14. The number of nitrogen functional groups attached to an aromatic ring is 1. The highest BCUT2D eigenvalue weighted by Crippen LogP contribution is 2.29. The summed E-state index contributed by atoms with van der Waals surface area (Å²) in [7, 11) is 1.33. The number of benzene rings is 1. The van der Waals surface area contributed by atoms with Gasteiger partial charge in [0, 0.05) is 23.6 Å². The molecule has 2 aromatic rings. The van der Waals surface area contributed by atoms with Gasteiger partial charge in [0.2, 0.25) is 0 Å². The number of nitro benzene ring substituents is 1. The zero-order valence-corrected chi connectivity index (χ0v) is 11.1. The van der Waals surface area contributed by atoms with Crippen LogP contribution in [-0.4, -0.2) is 22.9 Å². The van der Waals surface area contributed by atoms with Gasteiger partial charge in [0.05, 0.1) is 12.0 Å². The molecule has 0 aliphatic rings. The maximum atomic E-state index is 12.0. The molecule has 0 atom stereocenters. The van der Waals surface area contributed by atoms with Gasteiger partial charge in [-0.25, -0.2) is 0 Å². The molecule has 0 radical (unpaired) electrons. The molecule has 1 aromatic heterocycles. The highest BCUT2D eigenvalue weighted by molar-refractivity contribution is 6.03. The number of methoxy groups -OCH3 is 1. The van der Waals surface area contributed by atoms with Gasteiger partial charge in [-0.2, -0.15) is 0 Å². The summed E-state index contributed by atoms with van der Waals surface area (Å²) < 4.78 is 4.88. The Morgan fingerprint density at radius 3 is 2.76 bits per heavy atom. The van der Waals surface area contributed by atoms with Crippen molar-refractivity contribution in [2.24, 2.45) is 0 Å². The lowest BCUT2D eigenvalue weighted by atomic mass is 10.2. The zero-order valence-electron chi connectivity index (χ0n) is 11.1. The van der Waals surface area contributed by atoms with Crippen molar-refractivity contribution in [3.05, 3.63) is 52.3 Å².